The van der Waals surface area contributed by atoms with Crippen LogP contribution in [0.1, 0.15) is 67.6 Å². The summed E-state index contributed by atoms with van der Waals surface area (Å²) in [5, 5.41) is 13.3. The molecule has 1 atom stereocenters. The van der Waals surface area contributed by atoms with Crippen molar-refractivity contribution in [3.05, 3.63) is 75.9 Å². The van der Waals surface area contributed by atoms with Gasteiger partial charge in [0, 0.05) is 42.5 Å². The highest BCUT2D eigenvalue weighted by molar-refractivity contribution is 6.31. The van der Waals surface area contributed by atoms with Gasteiger partial charge in [-0.3, -0.25) is 4.79 Å². The lowest BCUT2D eigenvalue weighted by Gasteiger charge is -2.37. The van der Waals surface area contributed by atoms with E-state index in [0.29, 0.717) is 41.6 Å². The molecule has 4 N–H and O–H groups in total. The fourth-order valence-corrected chi connectivity index (χ4v) is 4.81. The second-order valence-electron chi connectivity index (χ2n) is 11.0. The molecule has 0 saturated carbocycles. The number of rotatable bonds is 11. The zero-order valence-corrected chi connectivity index (χ0v) is 23.4. The van der Waals surface area contributed by atoms with Crippen molar-refractivity contribution >= 4 is 23.2 Å². The predicted molar refractivity (Wildman–Crippen MR) is 151 cm³/mol. The van der Waals surface area contributed by atoms with Crippen LogP contribution in [0, 0.1) is 5.92 Å². The van der Waals surface area contributed by atoms with Gasteiger partial charge in [0.05, 0.1) is 17.9 Å². The highest BCUT2D eigenvalue weighted by atomic mass is 35.5. The molecule has 1 aliphatic rings. The molecule has 37 heavy (non-hydrogen) atoms. The van der Waals surface area contributed by atoms with Crippen molar-refractivity contribution < 1.29 is 14.6 Å². The Balaban J connectivity index is 1.61. The zero-order chi connectivity index (χ0) is 27.0. The molecule has 1 fully saturated rings. The van der Waals surface area contributed by atoms with Crippen molar-refractivity contribution in [2.24, 2.45) is 11.7 Å². The molecule has 1 unspecified atom stereocenters. The molecule has 1 heterocycles. The first-order valence-electron chi connectivity index (χ1n) is 13.2. The summed E-state index contributed by atoms with van der Waals surface area (Å²) in [6.07, 6.45) is 5.01. The molecule has 0 radical (unpaired) electrons. The molecule has 0 bridgehead atoms. The number of nitrogens with zero attached hydrogens (tertiary/aromatic N) is 1. The van der Waals surface area contributed by atoms with Gasteiger partial charge < -0.3 is 25.8 Å². The second-order valence-corrected chi connectivity index (χ2v) is 11.4. The van der Waals surface area contributed by atoms with Gasteiger partial charge in [0.25, 0.3) is 5.91 Å². The predicted octanol–water partition coefficient (Wildman–Crippen LogP) is 5.02. The number of aryl methyl sites for hydroxylation is 1. The van der Waals surface area contributed by atoms with E-state index in [1.807, 2.05) is 42.6 Å². The van der Waals surface area contributed by atoms with Crippen molar-refractivity contribution in [2.45, 2.75) is 65.0 Å². The summed E-state index contributed by atoms with van der Waals surface area (Å²) in [6, 6.07) is 13.3. The Morgan fingerprint density at radius 3 is 2.51 bits per heavy atom. The van der Waals surface area contributed by atoms with Crippen molar-refractivity contribution in [3.63, 3.8) is 0 Å². The number of amides is 1. The van der Waals surface area contributed by atoms with Crippen LogP contribution in [-0.4, -0.2) is 53.9 Å². The number of nitrogens with one attached hydrogen (secondary N) is 1. The first kappa shape index (κ1) is 29.0. The number of carbonyl (C=O) groups excluding carboxylic acids is 1. The molecule has 6 nitrogen and oxygen atoms in total. The maximum atomic E-state index is 12.9. The van der Waals surface area contributed by atoms with E-state index >= 15 is 0 Å². The van der Waals surface area contributed by atoms with E-state index in [4.69, 9.17) is 22.1 Å². The number of carbonyl (C=O) groups is 1. The topological polar surface area (TPSA) is 87.8 Å². The summed E-state index contributed by atoms with van der Waals surface area (Å²) < 4.78 is 5.77. The van der Waals surface area contributed by atoms with Gasteiger partial charge in [0.1, 0.15) is 0 Å². The van der Waals surface area contributed by atoms with Crippen LogP contribution in [0.2, 0.25) is 5.02 Å². The Kier molecular flexibility index (Phi) is 10.4. The monoisotopic (exact) mass is 527 g/mol. The summed E-state index contributed by atoms with van der Waals surface area (Å²) in [6.45, 7) is 10.8. The Labute approximate surface area is 226 Å². The fourth-order valence-electron chi connectivity index (χ4n) is 4.54. The van der Waals surface area contributed by atoms with Gasteiger partial charge in [-0.25, -0.2) is 0 Å². The molecule has 2 aromatic rings. The first-order valence-corrected chi connectivity index (χ1v) is 13.6. The zero-order valence-electron chi connectivity index (χ0n) is 22.6. The quantitative estimate of drug-likeness (QED) is 0.382. The largest absolute Gasteiger partial charge is 0.397 e. The standard InChI is InChI=1S/C30H42ClN3O3/c1-21(2)5-8-23-11-12-25(18-27(23)31)29(36)33-26(13-15-35)17-22-6-9-24(10-7-22)28(32)19-34-14-16-37-30(3,4)20-34/h6-7,9-12,18-19,21,26,35H,5,8,13-17,20,32H2,1-4H3,(H,33,36)/b28-19-. The van der Waals surface area contributed by atoms with E-state index in [-0.39, 0.29) is 24.2 Å². The lowest BCUT2D eigenvalue weighted by molar-refractivity contribution is -0.0732. The van der Waals surface area contributed by atoms with E-state index in [2.05, 4.69) is 37.9 Å². The van der Waals surface area contributed by atoms with Gasteiger partial charge >= 0.3 is 0 Å². The van der Waals surface area contributed by atoms with E-state index in [1.54, 1.807) is 6.07 Å². The van der Waals surface area contributed by atoms with E-state index in [9.17, 15) is 9.90 Å². The van der Waals surface area contributed by atoms with Gasteiger partial charge in [0.2, 0.25) is 0 Å². The molecular formula is C30H42ClN3O3. The number of ether oxygens (including phenoxy) is 1. The summed E-state index contributed by atoms with van der Waals surface area (Å²) in [4.78, 5) is 15.1. The van der Waals surface area contributed by atoms with Crippen molar-refractivity contribution in [1.82, 2.24) is 10.2 Å². The number of benzene rings is 2. The van der Waals surface area contributed by atoms with Crippen LogP contribution >= 0.6 is 11.6 Å². The summed E-state index contributed by atoms with van der Waals surface area (Å²) >= 11 is 6.46. The number of aliphatic hydroxyl groups is 1. The third kappa shape index (κ3) is 9.06. The Hall–Kier alpha value is -2.54. The number of hydrogen-bond acceptors (Lipinski definition) is 5. The molecule has 1 saturated heterocycles. The fraction of sp³-hybridized carbons (Fsp3) is 0.500. The Bertz CT molecular complexity index is 1070. The van der Waals surface area contributed by atoms with E-state index in [0.717, 1.165) is 42.6 Å². The van der Waals surface area contributed by atoms with Gasteiger partial charge in [-0.15, -0.1) is 0 Å². The second kappa shape index (κ2) is 13.3. The minimum Gasteiger partial charge on any atom is -0.397 e. The molecule has 2 aromatic carbocycles. The highest BCUT2D eigenvalue weighted by Crippen LogP contribution is 2.22. The van der Waals surface area contributed by atoms with Crippen molar-refractivity contribution in [1.29, 1.82) is 0 Å². The molecule has 7 heteroatoms. The minimum absolute atomic E-state index is 0.0104. The van der Waals surface area contributed by atoms with Crippen LogP contribution in [0.5, 0.6) is 0 Å². The third-order valence-corrected chi connectivity index (χ3v) is 7.02. The Morgan fingerprint density at radius 1 is 1.19 bits per heavy atom. The van der Waals surface area contributed by atoms with Gasteiger partial charge in [-0.1, -0.05) is 55.8 Å². The number of halogens is 1. The average Bonchev–Trinajstić information content (AvgIpc) is 2.83. The van der Waals surface area contributed by atoms with E-state index < -0.39 is 0 Å². The molecule has 202 valence electrons. The number of hydrogen-bond donors (Lipinski definition) is 3. The minimum atomic E-state index is -0.203. The van der Waals surface area contributed by atoms with Crippen LogP contribution in [-0.2, 0) is 17.6 Å². The van der Waals surface area contributed by atoms with Crippen LogP contribution in [0.25, 0.3) is 5.70 Å². The number of morpholine rings is 1. The SMILES string of the molecule is CC(C)CCc1ccc(C(=O)NC(CCO)Cc2ccc(/C(N)=C/N3CCOC(C)(C)C3)cc2)cc1Cl. The van der Waals surface area contributed by atoms with Crippen molar-refractivity contribution in [2.75, 3.05) is 26.3 Å². The van der Waals surface area contributed by atoms with Crippen molar-refractivity contribution in [3.8, 4) is 0 Å². The molecule has 3 rings (SSSR count). The van der Waals surface area contributed by atoms with Gasteiger partial charge in [0.15, 0.2) is 0 Å². The lowest BCUT2D eigenvalue weighted by atomic mass is 10.00. The van der Waals surface area contributed by atoms with E-state index in [1.165, 1.54) is 0 Å². The van der Waals surface area contributed by atoms with Gasteiger partial charge in [-0.2, -0.15) is 0 Å². The summed E-state index contributed by atoms with van der Waals surface area (Å²) in [5.74, 6) is 0.407. The van der Waals surface area contributed by atoms with Gasteiger partial charge in [-0.05, 0) is 74.3 Å². The molecule has 0 aromatic heterocycles. The average molecular weight is 528 g/mol. The van der Waals surface area contributed by atoms with Crippen LogP contribution < -0.4 is 11.1 Å². The molecular weight excluding hydrogens is 486 g/mol. The molecule has 0 spiro atoms. The third-order valence-electron chi connectivity index (χ3n) is 6.67. The number of nitrogens with two attached hydrogens (primary N) is 1. The van der Waals surface area contributed by atoms with Crippen LogP contribution in [0.4, 0.5) is 0 Å². The summed E-state index contributed by atoms with van der Waals surface area (Å²) in [7, 11) is 0. The maximum absolute atomic E-state index is 12.9. The van der Waals surface area contributed by atoms with Crippen LogP contribution in [0.3, 0.4) is 0 Å². The maximum Gasteiger partial charge on any atom is 0.251 e. The Morgan fingerprint density at radius 2 is 1.89 bits per heavy atom. The summed E-state index contributed by atoms with van der Waals surface area (Å²) in [5.41, 5.74) is 10.5. The molecule has 1 amide bonds. The molecule has 0 aliphatic carbocycles. The normalized spacial score (nSPS) is 16.6. The first-order chi connectivity index (χ1) is 17.6. The van der Waals surface area contributed by atoms with Crippen LogP contribution in [0.15, 0.2) is 48.7 Å². The number of aliphatic hydroxyl groups excluding tert-OH is 1. The lowest BCUT2D eigenvalue weighted by Crippen LogP contribution is -2.46. The molecule has 1 aliphatic heterocycles. The highest BCUT2D eigenvalue weighted by Gasteiger charge is 2.25. The smallest absolute Gasteiger partial charge is 0.251 e.